The number of halogens is 1. The Bertz CT molecular complexity index is 750. The second kappa shape index (κ2) is 5.06. The van der Waals surface area contributed by atoms with E-state index in [4.69, 9.17) is 22.1 Å². The quantitative estimate of drug-likeness (QED) is 0.751. The molecule has 2 aromatic carbocycles. The van der Waals surface area contributed by atoms with E-state index in [1.165, 1.54) is 0 Å². The van der Waals surface area contributed by atoms with Crippen molar-refractivity contribution in [1.82, 2.24) is 9.55 Å². The van der Waals surface area contributed by atoms with Crippen molar-refractivity contribution in [3.05, 3.63) is 53.3 Å². The number of fused-ring (bicyclic) bond motifs is 1. The molecule has 3 rings (SSSR count). The second-order valence-electron chi connectivity index (χ2n) is 4.54. The van der Waals surface area contributed by atoms with E-state index in [-0.39, 0.29) is 0 Å². The molecule has 4 nitrogen and oxygen atoms in total. The predicted molar refractivity (Wildman–Crippen MR) is 80.9 cm³/mol. The summed E-state index contributed by atoms with van der Waals surface area (Å²) in [5.41, 5.74) is 8.42. The molecule has 1 heterocycles. The summed E-state index contributed by atoms with van der Waals surface area (Å²) in [6.45, 7) is 0.381. The molecule has 20 heavy (non-hydrogen) atoms. The highest BCUT2D eigenvalue weighted by Crippen LogP contribution is 2.22. The molecular weight excluding hydrogens is 274 g/mol. The highest BCUT2D eigenvalue weighted by atomic mass is 35.5. The molecule has 0 aliphatic carbocycles. The molecule has 0 spiro atoms. The third-order valence-corrected chi connectivity index (χ3v) is 3.47. The molecule has 0 aliphatic rings. The van der Waals surface area contributed by atoms with Gasteiger partial charge in [0, 0.05) is 12.1 Å². The Morgan fingerprint density at radius 3 is 2.65 bits per heavy atom. The van der Waals surface area contributed by atoms with Crippen LogP contribution in [-0.4, -0.2) is 9.55 Å². The average Bonchev–Trinajstić information content (AvgIpc) is 2.77. The van der Waals surface area contributed by atoms with Gasteiger partial charge in [-0.1, -0.05) is 17.7 Å². The number of rotatable bonds is 3. The Morgan fingerprint density at radius 2 is 1.95 bits per heavy atom. The van der Waals surface area contributed by atoms with Crippen molar-refractivity contribution in [3.8, 4) is 5.75 Å². The minimum atomic E-state index is 0.381. The normalized spacial score (nSPS) is 10.9. The number of ether oxygens (including phenoxy) is 1. The minimum absolute atomic E-state index is 0.381. The van der Waals surface area contributed by atoms with Crippen molar-refractivity contribution < 1.29 is 4.74 Å². The molecule has 0 saturated heterocycles. The molecule has 0 aliphatic heterocycles. The SMILES string of the molecule is Cn1c(COc2ccc(Cl)cc2)nc2c(N)cccc21. The van der Waals surface area contributed by atoms with Crippen LogP contribution in [0.3, 0.4) is 0 Å². The summed E-state index contributed by atoms with van der Waals surface area (Å²) in [5, 5.41) is 0.688. The lowest BCUT2D eigenvalue weighted by atomic mass is 10.3. The maximum absolute atomic E-state index is 5.93. The molecule has 0 bridgehead atoms. The lowest BCUT2D eigenvalue weighted by molar-refractivity contribution is 0.292. The van der Waals surface area contributed by atoms with E-state index in [1.807, 2.05) is 41.9 Å². The first-order valence-corrected chi connectivity index (χ1v) is 6.61. The van der Waals surface area contributed by atoms with Crippen molar-refractivity contribution >= 4 is 28.3 Å². The molecule has 102 valence electrons. The van der Waals surface area contributed by atoms with Crippen LogP contribution in [0.25, 0.3) is 11.0 Å². The first-order valence-electron chi connectivity index (χ1n) is 6.23. The number of aryl methyl sites for hydroxylation is 1. The van der Waals surface area contributed by atoms with Crippen molar-refractivity contribution in [3.63, 3.8) is 0 Å². The number of anilines is 1. The number of benzene rings is 2. The van der Waals surface area contributed by atoms with E-state index in [0.717, 1.165) is 22.6 Å². The fraction of sp³-hybridized carbons (Fsp3) is 0.133. The van der Waals surface area contributed by atoms with Crippen LogP contribution in [0, 0.1) is 0 Å². The molecule has 0 amide bonds. The topological polar surface area (TPSA) is 53.1 Å². The molecule has 0 saturated carbocycles. The number of hydrogen-bond acceptors (Lipinski definition) is 3. The highest BCUT2D eigenvalue weighted by Gasteiger charge is 2.10. The van der Waals surface area contributed by atoms with Gasteiger partial charge < -0.3 is 15.0 Å². The van der Waals surface area contributed by atoms with Gasteiger partial charge in [-0.25, -0.2) is 4.98 Å². The summed E-state index contributed by atoms with van der Waals surface area (Å²) >= 11 is 5.84. The van der Waals surface area contributed by atoms with Gasteiger partial charge in [-0.3, -0.25) is 0 Å². The van der Waals surface area contributed by atoms with Crippen molar-refractivity contribution in [1.29, 1.82) is 0 Å². The second-order valence-corrected chi connectivity index (χ2v) is 4.98. The Balaban J connectivity index is 1.86. The smallest absolute Gasteiger partial charge is 0.147 e. The van der Waals surface area contributed by atoms with E-state index < -0.39 is 0 Å². The standard InChI is InChI=1S/C15H14ClN3O/c1-19-13-4-2-3-12(17)15(13)18-14(19)9-20-11-7-5-10(16)6-8-11/h2-8H,9,17H2,1H3. The monoisotopic (exact) mass is 287 g/mol. The van der Waals surface area contributed by atoms with Crippen LogP contribution in [0.4, 0.5) is 5.69 Å². The summed E-state index contributed by atoms with van der Waals surface area (Å²) in [7, 11) is 1.95. The van der Waals surface area contributed by atoms with Gasteiger partial charge in [-0.05, 0) is 36.4 Å². The largest absolute Gasteiger partial charge is 0.486 e. The summed E-state index contributed by atoms with van der Waals surface area (Å²) in [5.74, 6) is 1.59. The number of nitrogens with two attached hydrogens (primary N) is 1. The number of nitrogen functional groups attached to an aromatic ring is 1. The predicted octanol–water partition coefficient (Wildman–Crippen LogP) is 3.39. The van der Waals surface area contributed by atoms with Gasteiger partial charge in [0.05, 0.1) is 11.2 Å². The molecule has 0 radical (unpaired) electrons. The molecule has 0 unspecified atom stereocenters. The minimum Gasteiger partial charge on any atom is -0.486 e. The summed E-state index contributed by atoms with van der Waals surface area (Å²) in [4.78, 5) is 4.53. The van der Waals surface area contributed by atoms with Crippen LogP contribution >= 0.6 is 11.6 Å². The maximum Gasteiger partial charge on any atom is 0.147 e. The zero-order valence-corrected chi connectivity index (χ0v) is 11.8. The van der Waals surface area contributed by atoms with Crippen molar-refractivity contribution in [2.45, 2.75) is 6.61 Å². The number of para-hydroxylation sites is 1. The number of imidazole rings is 1. The first kappa shape index (κ1) is 12.8. The summed E-state index contributed by atoms with van der Waals surface area (Å²) in [6, 6.07) is 13.0. The number of aromatic nitrogens is 2. The number of hydrogen-bond donors (Lipinski definition) is 1. The van der Waals surface area contributed by atoms with Crippen molar-refractivity contribution in [2.24, 2.45) is 7.05 Å². The molecule has 0 fully saturated rings. The highest BCUT2D eigenvalue weighted by molar-refractivity contribution is 6.30. The van der Waals surface area contributed by atoms with E-state index in [9.17, 15) is 0 Å². The van der Waals surface area contributed by atoms with Gasteiger partial charge >= 0.3 is 0 Å². The zero-order chi connectivity index (χ0) is 14.1. The lowest BCUT2D eigenvalue weighted by Gasteiger charge is -2.06. The van der Waals surface area contributed by atoms with E-state index in [2.05, 4.69) is 4.98 Å². The third-order valence-electron chi connectivity index (χ3n) is 3.22. The molecule has 2 N–H and O–H groups in total. The lowest BCUT2D eigenvalue weighted by Crippen LogP contribution is -2.03. The zero-order valence-electron chi connectivity index (χ0n) is 11.0. The van der Waals surface area contributed by atoms with Crippen molar-refractivity contribution in [2.75, 3.05) is 5.73 Å². The maximum atomic E-state index is 5.93. The van der Waals surface area contributed by atoms with Crippen LogP contribution in [0.5, 0.6) is 5.75 Å². The van der Waals surface area contributed by atoms with Gasteiger partial charge in [0.1, 0.15) is 23.7 Å². The van der Waals surface area contributed by atoms with Gasteiger partial charge in [0.15, 0.2) is 0 Å². The fourth-order valence-electron chi connectivity index (χ4n) is 2.09. The third kappa shape index (κ3) is 2.30. The van der Waals surface area contributed by atoms with Crippen LogP contribution < -0.4 is 10.5 Å². The van der Waals surface area contributed by atoms with Crippen LogP contribution in [-0.2, 0) is 13.7 Å². The van der Waals surface area contributed by atoms with E-state index in [0.29, 0.717) is 17.3 Å². The van der Waals surface area contributed by atoms with E-state index in [1.54, 1.807) is 12.1 Å². The Morgan fingerprint density at radius 1 is 1.20 bits per heavy atom. The molecule has 5 heteroatoms. The number of nitrogens with zero attached hydrogens (tertiary/aromatic N) is 2. The molecule has 1 aromatic heterocycles. The molecule has 3 aromatic rings. The van der Waals surface area contributed by atoms with Crippen LogP contribution in [0.1, 0.15) is 5.82 Å². The van der Waals surface area contributed by atoms with E-state index >= 15 is 0 Å². The Kier molecular flexibility index (Phi) is 3.24. The van der Waals surface area contributed by atoms with Gasteiger partial charge in [-0.2, -0.15) is 0 Å². The summed E-state index contributed by atoms with van der Waals surface area (Å²) < 4.78 is 7.70. The van der Waals surface area contributed by atoms with Crippen LogP contribution in [0.15, 0.2) is 42.5 Å². The molecule has 0 atom stereocenters. The first-order chi connectivity index (χ1) is 9.65. The fourth-order valence-corrected chi connectivity index (χ4v) is 2.22. The van der Waals surface area contributed by atoms with Gasteiger partial charge in [0.2, 0.25) is 0 Å². The molecular formula is C15H14ClN3O. The Hall–Kier alpha value is -2.20. The summed E-state index contributed by atoms with van der Waals surface area (Å²) in [6.07, 6.45) is 0. The van der Waals surface area contributed by atoms with Crippen LogP contribution in [0.2, 0.25) is 5.02 Å². The average molecular weight is 288 g/mol. The van der Waals surface area contributed by atoms with Gasteiger partial charge in [-0.15, -0.1) is 0 Å². The Labute approximate surface area is 121 Å². The van der Waals surface area contributed by atoms with Gasteiger partial charge in [0.25, 0.3) is 0 Å².